The second-order valence-corrected chi connectivity index (χ2v) is 6.41. The van der Waals surface area contributed by atoms with Crippen molar-refractivity contribution in [2.45, 2.75) is 19.4 Å². The molecule has 0 aromatic heterocycles. The molecular formula is C15H18BrFN2O. The number of rotatable bonds is 2. The van der Waals surface area contributed by atoms with Crippen LogP contribution in [0.25, 0.3) is 0 Å². The van der Waals surface area contributed by atoms with E-state index in [4.69, 9.17) is 0 Å². The van der Waals surface area contributed by atoms with Crippen LogP contribution < -0.4 is 5.32 Å². The van der Waals surface area contributed by atoms with E-state index in [1.165, 1.54) is 6.07 Å². The maximum absolute atomic E-state index is 13.6. The smallest absolute Gasteiger partial charge is 0.255 e. The molecule has 3 atom stereocenters. The van der Waals surface area contributed by atoms with E-state index in [0.717, 1.165) is 26.1 Å². The number of fused-ring (bicyclic) bond motifs is 1. The fourth-order valence-corrected chi connectivity index (χ4v) is 4.04. The molecule has 0 aliphatic carbocycles. The first-order valence-electron chi connectivity index (χ1n) is 7.09. The Kier molecular flexibility index (Phi) is 3.82. The second kappa shape index (κ2) is 5.45. The van der Waals surface area contributed by atoms with Crippen molar-refractivity contribution in [2.24, 2.45) is 11.8 Å². The standard InChI is InChI=1S/C15H18BrFN2O/c1-2-13-11-7-18-6-9(11)8-19(13)15(20)10-4-3-5-12(17)14(10)16/h3-5,9,11,13,18H,2,6-8H2,1H3. The van der Waals surface area contributed by atoms with Crippen LogP contribution in [0, 0.1) is 17.7 Å². The van der Waals surface area contributed by atoms with Gasteiger partial charge < -0.3 is 10.2 Å². The van der Waals surface area contributed by atoms with Crippen molar-refractivity contribution in [1.29, 1.82) is 0 Å². The van der Waals surface area contributed by atoms with Gasteiger partial charge >= 0.3 is 0 Å². The van der Waals surface area contributed by atoms with Crippen LogP contribution >= 0.6 is 15.9 Å². The molecule has 20 heavy (non-hydrogen) atoms. The van der Waals surface area contributed by atoms with E-state index in [-0.39, 0.29) is 22.2 Å². The van der Waals surface area contributed by atoms with E-state index in [1.807, 2.05) is 4.90 Å². The summed E-state index contributed by atoms with van der Waals surface area (Å²) in [4.78, 5) is 14.7. The molecule has 5 heteroatoms. The molecule has 1 amide bonds. The third-order valence-corrected chi connectivity index (χ3v) is 5.38. The monoisotopic (exact) mass is 340 g/mol. The molecule has 0 spiro atoms. The predicted octanol–water partition coefficient (Wildman–Crippen LogP) is 2.66. The summed E-state index contributed by atoms with van der Waals surface area (Å²) in [6, 6.07) is 4.90. The zero-order valence-electron chi connectivity index (χ0n) is 11.4. The lowest BCUT2D eigenvalue weighted by Crippen LogP contribution is -2.39. The van der Waals surface area contributed by atoms with Crippen LogP contribution in [0.1, 0.15) is 23.7 Å². The van der Waals surface area contributed by atoms with E-state index in [2.05, 4.69) is 28.2 Å². The van der Waals surface area contributed by atoms with Gasteiger partial charge in [0, 0.05) is 25.7 Å². The van der Waals surface area contributed by atoms with Crippen LogP contribution in [0.3, 0.4) is 0 Å². The molecule has 0 saturated carbocycles. The van der Waals surface area contributed by atoms with Gasteiger partial charge in [-0.2, -0.15) is 0 Å². The summed E-state index contributed by atoms with van der Waals surface area (Å²) in [5.74, 6) is 0.634. The summed E-state index contributed by atoms with van der Waals surface area (Å²) in [6.45, 7) is 4.86. The molecule has 2 fully saturated rings. The maximum atomic E-state index is 13.6. The highest BCUT2D eigenvalue weighted by atomic mass is 79.9. The minimum Gasteiger partial charge on any atom is -0.335 e. The van der Waals surface area contributed by atoms with Gasteiger partial charge in [0.05, 0.1) is 10.0 Å². The molecule has 0 bridgehead atoms. The van der Waals surface area contributed by atoms with Gasteiger partial charge in [0.15, 0.2) is 0 Å². The summed E-state index contributed by atoms with van der Waals surface area (Å²) in [7, 11) is 0. The van der Waals surface area contributed by atoms with Gasteiger partial charge in [-0.25, -0.2) is 4.39 Å². The molecule has 1 aromatic carbocycles. The second-order valence-electron chi connectivity index (χ2n) is 5.62. The number of carbonyl (C=O) groups is 1. The molecule has 2 heterocycles. The molecule has 1 aromatic rings. The molecule has 3 rings (SSSR count). The molecule has 108 valence electrons. The zero-order chi connectivity index (χ0) is 14.3. The van der Waals surface area contributed by atoms with Crippen molar-refractivity contribution in [2.75, 3.05) is 19.6 Å². The Morgan fingerprint density at radius 2 is 2.30 bits per heavy atom. The van der Waals surface area contributed by atoms with Crippen molar-refractivity contribution >= 4 is 21.8 Å². The van der Waals surface area contributed by atoms with Crippen LogP contribution in [-0.2, 0) is 0 Å². The lowest BCUT2D eigenvalue weighted by Gasteiger charge is -2.27. The molecule has 2 aliphatic rings. The predicted molar refractivity (Wildman–Crippen MR) is 79.1 cm³/mol. The first-order chi connectivity index (χ1) is 9.63. The molecule has 3 nitrogen and oxygen atoms in total. The summed E-state index contributed by atoms with van der Waals surface area (Å²) < 4.78 is 13.9. The largest absolute Gasteiger partial charge is 0.335 e. The van der Waals surface area contributed by atoms with Crippen LogP contribution in [0.4, 0.5) is 4.39 Å². The molecule has 3 unspecified atom stereocenters. The van der Waals surface area contributed by atoms with E-state index in [9.17, 15) is 9.18 Å². The average Bonchev–Trinajstić information content (AvgIpc) is 3.01. The summed E-state index contributed by atoms with van der Waals surface area (Å²) in [6.07, 6.45) is 0.946. The van der Waals surface area contributed by atoms with Crippen LogP contribution in [0.15, 0.2) is 22.7 Å². The van der Waals surface area contributed by atoms with Crippen molar-refractivity contribution in [3.8, 4) is 0 Å². The van der Waals surface area contributed by atoms with E-state index < -0.39 is 0 Å². The summed E-state index contributed by atoms with van der Waals surface area (Å²) in [5.41, 5.74) is 0.427. The highest BCUT2D eigenvalue weighted by Gasteiger charge is 2.45. The van der Waals surface area contributed by atoms with E-state index in [0.29, 0.717) is 17.4 Å². The minimum atomic E-state index is -0.384. The Bertz CT molecular complexity index is 537. The molecule has 0 radical (unpaired) electrons. The number of halogens is 2. The zero-order valence-corrected chi connectivity index (χ0v) is 13.0. The van der Waals surface area contributed by atoms with Crippen molar-refractivity contribution < 1.29 is 9.18 Å². The first-order valence-corrected chi connectivity index (χ1v) is 7.88. The van der Waals surface area contributed by atoms with Gasteiger partial charge in [-0.05, 0) is 46.3 Å². The van der Waals surface area contributed by atoms with Gasteiger partial charge in [0.1, 0.15) is 5.82 Å². The van der Waals surface area contributed by atoms with Crippen LogP contribution in [0.5, 0.6) is 0 Å². The van der Waals surface area contributed by atoms with Gasteiger partial charge in [0.2, 0.25) is 0 Å². The minimum absolute atomic E-state index is 0.0578. The van der Waals surface area contributed by atoms with Crippen molar-refractivity contribution in [3.63, 3.8) is 0 Å². The summed E-state index contributed by atoms with van der Waals surface area (Å²) in [5, 5.41) is 3.40. The maximum Gasteiger partial charge on any atom is 0.255 e. The Balaban J connectivity index is 1.89. The third kappa shape index (κ3) is 2.17. The fourth-order valence-electron chi connectivity index (χ4n) is 3.60. The third-order valence-electron chi connectivity index (χ3n) is 4.58. The average molecular weight is 341 g/mol. The van der Waals surface area contributed by atoms with Crippen LogP contribution in [-0.4, -0.2) is 36.5 Å². The number of amides is 1. The van der Waals surface area contributed by atoms with Crippen molar-refractivity contribution in [3.05, 3.63) is 34.1 Å². The van der Waals surface area contributed by atoms with Crippen molar-refractivity contribution in [1.82, 2.24) is 10.2 Å². The number of nitrogens with one attached hydrogen (secondary N) is 1. The molecule has 2 saturated heterocycles. The molecule has 2 aliphatic heterocycles. The lowest BCUT2D eigenvalue weighted by molar-refractivity contribution is 0.0710. The molecule has 1 N–H and O–H groups in total. The SMILES string of the molecule is CCC1C2CNCC2CN1C(=O)c1cccc(F)c1Br. The molecular weight excluding hydrogens is 323 g/mol. The Morgan fingerprint density at radius 1 is 1.50 bits per heavy atom. The van der Waals surface area contributed by atoms with E-state index in [1.54, 1.807) is 12.1 Å². The lowest BCUT2D eigenvalue weighted by atomic mass is 9.93. The Labute approximate surface area is 126 Å². The summed E-state index contributed by atoms with van der Waals surface area (Å²) >= 11 is 3.20. The van der Waals surface area contributed by atoms with Gasteiger partial charge in [-0.3, -0.25) is 4.79 Å². The highest BCUT2D eigenvalue weighted by Crippen LogP contribution is 2.36. The Hall–Kier alpha value is -0.940. The van der Waals surface area contributed by atoms with E-state index >= 15 is 0 Å². The normalized spacial score (nSPS) is 28.8. The number of hydrogen-bond donors (Lipinski definition) is 1. The number of likely N-dealkylation sites (tertiary alicyclic amines) is 1. The fraction of sp³-hybridized carbons (Fsp3) is 0.533. The highest BCUT2D eigenvalue weighted by molar-refractivity contribution is 9.10. The van der Waals surface area contributed by atoms with Gasteiger partial charge in [0.25, 0.3) is 5.91 Å². The van der Waals surface area contributed by atoms with Gasteiger partial charge in [-0.1, -0.05) is 13.0 Å². The number of nitrogens with zero attached hydrogens (tertiary/aromatic N) is 1. The number of hydrogen-bond acceptors (Lipinski definition) is 2. The number of carbonyl (C=O) groups excluding carboxylic acids is 1. The first kappa shape index (κ1) is 14.0. The topological polar surface area (TPSA) is 32.3 Å². The quantitative estimate of drug-likeness (QED) is 0.897. The Morgan fingerprint density at radius 3 is 3.05 bits per heavy atom. The van der Waals surface area contributed by atoms with Gasteiger partial charge in [-0.15, -0.1) is 0 Å². The van der Waals surface area contributed by atoms with Crippen LogP contribution in [0.2, 0.25) is 0 Å². The number of benzene rings is 1.